The minimum absolute atomic E-state index is 0.322. The van der Waals surface area contributed by atoms with Gasteiger partial charge in [-0.2, -0.15) is 18.2 Å². The molecule has 4 rings (SSSR count). The van der Waals surface area contributed by atoms with Crippen LogP contribution in [0.15, 0.2) is 60.7 Å². The van der Waals surface area contributed by atoms with Gasteiger partial charge >= 0.3 is 6.18 Å². The van der Waals surface area contributed by atoms with Crippen molar-refractivity contribution in [3.05, 3.63) is 66.2 Å². The van der Waals surface area contributed by atoms with Gasteiger partial charge in [0.25, 0.3) is 0 Å². The van der Waals surface area contributed by atoms with Crippen LogP contribution in [0.2, 0.25) is 0 Å². The highest BCUT2D eigenvalue weighted by Crippen LogP contribution is 2.32. The van der Waals surface area contributed by atoms with E-state index in [1.165, 1.54) is 18.9 Å². The molecule has 0 amide bonds. The predicted octanol–water partition coefficient (Wildman–Crippen LogP) is 6.26. The number of rotatable bonds is 5. The standard InChI is InChI=1S/C22H21F3N4/c23-22(24,25)16-9-6-12-18(13-16)26-20-14-19(15-7-2-1-3-8-15)28-21(29-20)27-17-10-4-5-11-17/h1-3,6-9,12-14,17H,4-5,10-11H2,(H2,26,27,28,29). The van der Waals surface area contributed by atoms with Gasteiger partial charge in [-0.05, 0) is 31.0 Å². The Morgan fingerprint density at radius 3 is 2.34 bits per heavy atom. The zero-order valence-electron chi connectivity index (χ0n) is 15.7. The first-order valence-corrected chi connectivity index (χ1v) is 9.63. The van der Waals surface area contributed by atoms with E-state index >= 15 is 0 Å². The summed E-state index contributed by atoms with van der Waals surface area (Å²) in [4.78, 5) is 9.12. The van der Waals surface area contributed by atoms with E-state index in [4.69, 9.17) is 0 Å². The summed E-state index contributed by atoms with van der Waals surface area (Å²) in [6.45, 7) is 0. The Kier molecular flexibility index (Phi) is 5.38. The Balaban J connectivity index is 1.66. The molecule has 2 N–H and O–H groups in total. The molecule has 0 radical (unpaired) electrons. The lowest BCUT2D eigenvalue weighted by molar-refractivity contribution is -0.137. The van der Waals surface area contributed by atoms with Gasteiger partial charge in [-0.15, -0.1) is 0 Å². The van der Waals surface area contributed by atoms with E-state index in [1.807, 2.05) is 30.3 Å². The highest BCUT2D eigenvalue weighted by Gasteiger charge is 2.30. The maximum atomic E-state index is 13.0. The molecule has 7 heteroatoms. The summed E-state index contributed by atoms with van der Waals surface area (Å²) in [5, 5.41) is 6.37. The molecule has 2 aromatic carbocycles. The zero-order chi connectivity index (χ0) is 20.3. The van der Waals surface area contributed by atoms with Gasteiger partial charge in [-0.1, -0.05) is 49.2 Å². The highest BCUT2D eigenvalue weighted by molar-refractivity contribution is 5.67. The first-order chi connectivity index (χ1) is 14.0. The highest BCUT2D eigenvalue weighted by atomic mass is 19.4. The summed E-state index contributed by atoms with van der Waals surface area (Å²) < 4.78 is 39.1. The summed E-state index contributed by atoms with van der Waals surface area (Å²) in [5.74, 6) is 0.923. The number of alkyl halides is 3. The number of halogens is 3. The number of nitrogens with one attached hydrogen (secondary N) is 2. The third-order valence-corrected chi connectivity index (χ3v) is 4.95. The van der Waals surface area contributed by atoms with Crippen molar-refractivity contribution in [1.29, 1.82) is 0 Å². The molecule has 1 aliphatic carbocycles. The fraction of sp³-hybridized carbons (Fsp3) is 0.273. The summed E-state index contributed by atoms with van der Waals surface area (Å²) in [5.41, 5.74) is 1.24. The molecule has 29 heavy (non-hydrogen) atoms. The van der Waals surface area contributed by atoms with Crippen LogP contribution in [0.4, 0.5) is 30.6 Å². The van der Waals surface area contributed by atoms with Crippen molar-refractivity contribution >= 4 is 17.5 Å². The average molecular weight is 398 g/mol. The van der Waals surface area contributed by atoms with E-state index in [1.54, 1.807) is 12.1 Å². The van der Waals surface area contributed by atoms with Crippen LogP contribution in [0.5, 0.6) is 0 Å². The summed E-state index contributed by atoms with van der Waals surface area (Å²) >= 11 is 0. The van der Waals surface area contributed by atoms with Gasteiger partial charge in [0.1, 0.15) is 5.82 Å². The molecule has 1 heterocycles. The second-order valence-electron chi connectivity index (χ2n) is 7.16. The van der Waals surface area contributed by atoms with Gasteiger partial charge in [0.2, 0.25) is 5.95 Å². The summed E-state index contributed by atoms with van der Waals surface area (Å²) in [6, 6.07) is 16.8. The molecule has 1 aromatic heterocycles. The lowest BCUT2D eigenvalue weighted by atomic mass is 10.1. The van der Waals surface area contributed by atoms with Crippen molar-refractivity contribution in [3.63, 3.8) is 0 Å². The van der Waals surface area contributed by atoms with Crippen molar-refractivity contribution in [1.82, 2.24) is 9.97 Å². The van der Waals surface area contributed by atoms with Crippen LogP contribution in [0.1, 0.15) is 31.2 Å². The molecule has 0 saturated heterocycles. The van der Waals surface area contributed by atoms with E-state index < -0.39 is 11.7 Å². The number of aromatic nitrogens is 2. The predicted molar refractivity (Wildman–Crippen MR) is 108 cm³/mol. The molecule has 1 aliphatic rings. The van der Waals surface area contributed by atoms with Crippen molar-refractivity contribution in [2.24, 2.45) is 0 Å². The minimum atomic E-state index is -4.40. The lowest BCUT2D eigenvalue weighted by Crippen LogP contribution is -2.17. The van der Waals surface area contributed by atoms with Crippen molar-refractivity contribution < 1.29 is 13.2 Å². The molecule has 0 unspecified atom stereocenters. The van der Waals surface area contributed by atoms with Crippen molar-refractivity contribution in [3.8, 4) is 11.3 Å². The van der Waals surface area contributed by atoms with Gasteiger partial charge < -0.3 is 10.6 Å². The Morgan fingerprint density at radius 2 is 1.62 bits per heavy atom. The fourth-order valence-corrected chi connectivity index (χ4v) is 3.51. The molecule has 4 nitrogen and oxygen atoms in total. The van der Waals surface area contributed by atoms with E-state index in [-0.39, 0.29) is 0 Å². The zero-order valence-corrected chi connectivity index (χ0v) is 15.7. The quantitative estimate of drug-likeness (QED) is 0.533. The van der Waals surface area contributed by atoms with Crippen molar-refractivity contribution in [2.75, 3.05) is 10.6 Å². The molecule has 0 aliphatic heterocycles. The first-order valence-electron chi connectivity index (χ1n) is 9.63. The number of hydrogen-bond donors (Lipinski definition) is 2. The second kappa shape index (κ2) is 8.11. The Labute approximate surface area is 167 Å². The molecular weight excluding hydrogens is 377 g/mol. The van der Waals surface area contributed by atoms with Crippen LogP contribution >= 0.6 is 0 Å². The molecule has 1 fully saturated rings. The third-order valence-electron chi connectivity index (χ3n) is 4.95. The maximum absolute atomic E-state index is 13.0. The lowest BCUT2D eigenvalue weighted by Gasteiger charge is -2.15. The first kappa shape index (κ1) is 19.2. The summed E-state index contributed by atoms with van der Waals surface area (Å²) in [6.07, 6.45) is 0.0785. The maximum Gasteiger partial charge on any atom is 0.416 e. The molecule has 0 atom stereocenters. The smallest absolute Gasteiger partial charge is 0.351 e. The second-order valence-corrected chi connectivity index (χ2v) is 7.16. The Morgan fingerprint density at radius 1 is 0.862 bits per heavy atom. The van der Waals surface area contributed by atoms with E-state index in [9.17, 15) is 13.2 Å². The molecule has 1 saturated carbocycles. The van der Waals surface area contributed by atoms with Gasteiger partial charge in [0, 0.05) is 23.4 Å². The van der Waals surface area contributed by atoms with E-state index in [0.29, 0.717) is 29.2 Å². The van der Waals surface area contributed by atoms with Gasteiger partial charge in [0.15, 0.2) is 0 Å². The number of anilines is 3. The van der Waals surface area contributed by atoms with Gasteiger partial charge in [0.05, 0.1) is 11.3 Å². The van der Waals surface area contributed by atoms with Crippen LogP contribution in [0.25, 0.3) is 11.3 Å². The van der Waals surface area contributed by atoms with Crippen LogP contribution in [0.3, 0.4) is 0 Å². The number of benzene rings is 2. The van der Waals surface area contributed by atoms with E-state index in [0.717, 1.165) is 30.5 Å². The van der Waals surface area contributed by atoms with Crippen LogP contribution in [0, 0.1) is 0 Å². The van der Waals surface area contributed by atoms with Gasteiger partial charge in [-0.3, -0.25) is 0 Å². The van der Waals surface area contributed by atoms with Crippen LogP contribution in [-0.4, -0.2) is 16.0 Å². The normalized spacial score (nSPS) is 14.7. The topological polar surface area (TPSA) is 49.8 Å². The average Bonchev–Trinajstić information content (AvgIpc) is 3.21. The molecule has 0 spiro atoms. The van der Waals surface area contributed by atoms with Crippen molar-refractivity contribution in [2.45, 2.75) is 37.9 Å². The molecule has 150 valence electrons. The molecule has 3 aromatic rings. The SMILES string of the molecule is FC(F)(F)c1cccc(Nc2cc(-c3ccccc3)nc(NC3CCCC3)n2)c1. The van der Waals surface area contributed by atoms with Crippen LogP contribution < -0.4 is 10.6 Å². The monoisotopic (exact) mass is 398 g/mol. The summed E-state index contributed by atoms with van der Waals surface area (Å²) in [7, 11) is 0. The van der Waals surface area contributed by atoms with Crippen LogP contribution in [-0.2, 0) is 6.18 Å². The fourth-order valence-electron chi connectivity index (χ4n) is 3.51. The minimum Gasteiger partial charge on any atom is -0.351 e. The molecular formula is C22H21F3N4. The van der Waals surface area contributed by atoms with Gasteiger partial charge in [-0.25, -0.2) is 4.98 Å². The largest absolute Gasteiger partial charge is 0.416 e. The van der Waals surface area contributed by atoms with E-state index in [2.05, 4.69) is 20.6 Å². The molecule has 0 bridgehead atoms. The third kappa shape index (κ3) is 4.85. The number of hydrogen-bond acceptors (Lipinski definition) is 4. The number of nitrogens with zero attached hydrogens (tertiary/aromatic N) is 2. The Bertz CT molecular complexity index is 967. The Hall–Kier alpha value is -3.09.